The Hall–Kier alpha value is -3.52. The van der Waals surface area contributed by atoms with Crippen LogP contribution in [0.2, 0.25) is 0 Å². The summed E-state index contributed by atoms with van der Waals surface area (Å²) in [5.41, 5.74) is 4.31. The van der Waals surface area contributed by atoms with Gasteiger partial charge in [0.1, 0.15) is 0 Å². The lowest BCUT2D eigenvalue weighted by atomic mass is 9.99. The smallest absolute Gasteiger partial charge is 0.258 e. The van der Waals surface area contributed by atoms with E-state index in [1.165, 1.54) is 4.31 Å². The van der Waals surface area contributed by atoms with Gasteiger partial charge in [-0.2, -0.15) is 4.31 Å². The van der Waals surface area contributed by atoms with E-state index in [1.54, 1.807) is 43.3 Å². The molecule has 5 nitrogen and oxygen atoms in total. The Morgan fingerprint density at radius 1 is 0.838 bits per heavy atom. The lowest BCUT2D eigenvalue weighted by Crippen LogP contribution is -2.32. The summed E-state index contributed by atoms with van der Waals surface area (Å²) in [6, 6.07) is 31.2. The van der Waals surface area contributed by atoms with Gasteiger partial charge in [0.15, 0.2) is 0 Å². The summed E-state index contributed by atoms with van der Waals surface area (Å²) < 4.78 is 30.3. The van der Waals surface area contributed by atoms with Crippen molar-refractivity contribution < 1.29 is 13.2 Å². The molecular formula is C30H25BrN2O3S. The Bertz CT molecular complexity index is 1560. The van der Waals surface area contributed by atoms with E-state index in [2.05, 4.69) is 15.9 Å². The van der Waals surface area contributed by atoms with Crippen LogP contribution in [0.15, 0.2) is 112 Å². The van der Waals surface area contributed by atoms with Gasteiger partial charge in [0.2, 0.25) is 10.0 Å². The third-order valence-electron chi connectivity index (χ3n) is 6.59. The molecule has 0 atom stereocenters. The molecule has 0 saturated heterocycles. The standard InChI is InChI=1S/C30H25BrN2O3S/c1-32-28-17-16-25(20-26(28)27(30(32)34)19-21-10-9-15-24(31)18-21)37(35,36)33(2)29(22-11-5-3-6-12-22)23-13-7-4-8-14-23/h3-20,29H,1-2H3/b27-19+. The Labute approximate surface area is 225 Å². The molecule has 5 rings (SSSR count). The maximum absolute atomic E-state index is 14.0. The van der Waals surface area contributed by atoms with E-state index < -0.39 is 16.1 Å². The number of carbonyl (C=O) groups is 1. The first-order valence-electron chi connectivity index (χ1n) is 11.7. The zero-order valence-corrected chi connectivity index (χ0v) is 22.8. The SMILES string of the molecule is CN1C(=O)/C(=C/c2cccc(Br)c2)c2cc(S(=O)(=O)N(C)C(c3ccccc3)c3ccccc3)ccc21. The number of hydrogen-bond acceptors (Lipinski definition) is 3. The number of hydrogen-bond donors (Lipinski definition) is 0. The minimum Gasteiger partial charge on any atom is -0.311 e. The summed E-state index contributed by atoms with van der Waals surface area (Å²) >= 11 is 3.47. The van der Waals surface area contributed by atoms with Crippen molar-refractivity contribution in [2.45, 2.75) is 10.9 Å². The van der Waals surface area contributed by atoms with Gasteiger partial charge in [-0.25, -0.2) is 8.42 Å². The van der Waals surface area contributed by atoms with Crippen molar-refractivity contribution in [2.75, 3.05) is 19.0 Å². The van der Waals surface area contributed by atoms with E-state index in [4.69, 9.17) is 0 Å². The minimum absolute atomic E-state index is 0.133. The highest BCUT2D eigenvalue weighted by Gasteiger charge is 2.34. The van der Waals surface area contributed by atoms with Crippen LogP contribution in [-0.2, 0) is 14.8 Å². The fourth-order valence-corrected chi connectivity index (χ4v) is 6.46. The second-order valence-corrected chi connectivity index (χ2v) is 11.8. The highest BCUT2D eigenvalue weighted by atomic mass is 79.9. The van der Waals surface area contributed by atoms with E-state index in [-0.39, 0.29) is 10.8 Å². The quantitative estimate of drug-likeness (QED) is 0.252. The molecule has 0 aliphatic carbocycles. The fraction of sp³-hybridized carbons (Fsp3) is 0.100. The van der Waals surface area contributed by atoms with E-state index in [1.807, 2.05) is 84.9 Å². The van der Waals surface area contributed by atoms with Gasteiger partial charge >= 0.3 is 0 Å². The van der Waals surface area contributed by atoms with Crippen LogP contribution in [0.3, 0.4) is 0 Å². The fourth-order valence-electron chi connectivity index (χ4n) is 4.68. The molecule has 0 radical (unpaired) electrons. The summed E-state index contributed by atoms with van der Waals surface area (Å²) in [7, 11) is -0.627. The average Bonchev–Trinajstić information content (AvgIpc) is 3.14. The Kier molecular flexibility index (Phi) is 6.86. The number of halogens is 1. The van der Waals surface area contributed by atoms with Crippen molar-refractivity contribution in [2.24, 2.45) is 0 Å². The predicted octanol–water partition coefficient (Wildman–Crippen LogP) is 6.38. The second kappa shape index (κ2) is 10.1. The van der Waals surface area contributed by atoms with Crippen molar-refractivity contribution in [3.05, 3.63) is 130 Å². The summed E-state index contributed by atoms with van der Waals surface area (Å²) in [5.74, 6) is -0.177. The van der Waals surface area contributed by atoms with E-state index >= 15 is 0 Å². The van der Waals surface area contributed by atoms with Crippen LogP contribution in [0.25, 0.3) is 11.6 Å². The topological polar surface area (TPSA) is 57.7 Å². The van der Waals surface area contributed by atoms with Crippen molar-refractivity contribution in [1.29, 1.82) is 0 Å². The number of nitrogens with zero attached hydrogens (tertiary/aromatic N) is 2. The van der Waals surface area contributed by atoms with Gasteiger partial charge in [-0.15, -0.1) is 0 Å². The van der Waals surface area contributed by atoms with Crippen molar-refractivity contribution in [3.63, 3.8) is 0 Å². The normalized spacial score (nSPS) is 14.6. The minimum atomic E-state index is -3.93. The maximum Gasteiger partial charge on any atom is 0.258 e. The Morgan fingerprint density at radius 2 is 1.46 bits per heavy atom. The molecule has 1 amide bonds. The molecule has 4 aromatic carbocycles. The molecule has 37 heavy (non-hydrogen) atoms. The number of fused-ring (bicyclic) bond motifs is 1. The van der Waals surface area contributed by atoms with Crippen LogP contribution in [-0.4, -0.2) is 32.7 Å². The summed E-state index contributed by atoms with van der Waals surface area (Å²) in [5, 5.41) is 0. The van der Waals surface area contributed by atoms with Crippen LogP contribution in [0.1, 0.15) is 28.3 Å². The zero-order valence-electron chi connectivity index (χ0n) is 20.4. The van der Waals surface area contributed by atoms with Gasteiger partial charge in [-0.3, -0.25) is 4.79 Å². The molecule has 1 aliphatic heterocycles. The maximum atomic E-state index is 14.0. The first kappa shape index (κ1) is 25.1. The number of likely N-dealkylation sites (N-methyl/N-ethyl adjacent to an activating group) is 1. The number of amides is 1. The van der Waals surface area contributed by atoms with Crippen LogP contribution in [0.4, 0.5) is 5.69 Å². The predicted molar refractivity (Wildman–Crippen MR) is 152 cm³/mol. The summed E-state index contributed by atoms with van der Waals surface area (Å²) in [4.78, 5) is 14.8. The third kappa shape index (κ3) is 4.78. The number of benzene rings is 4. The van der Waals surface area contributed by atoms with Crippen LogP contribution < -0.4 is 4.90 Å². The molecule has 0 saturated carbocycles. The van der Waals surface area contributed by atoms with Crippen LogP contribution in [0.5, 0.6) is 0 Å². The van der Waals surface area contributed by atoms with Crippen molar-refractivity contribution in [3.8, 4) is 0 Å². The molecular weight excluding hydrogens is 548 g/mol. The molecule has 1 aliphatic rings. The number of sulfonamides is 1. The Balaban J connectivity index is 1.60. The van der Waals surface area contributed by atoms with E-state index in [9.17, 15) is 13.2 Å². The van der Waals surface area contributed by atoms with Crippen LogP contribution >= 0.6 is 15.9 Å². The van der Waals surface area contributed by atoms with Crippen molar-refractivity contribution >= 4 is 49.2 Å². The Morgan fingerprint density at radius 3 is 2.05 bits per heavy atom. The van der Waals surface area contributed by atoms with Gasteiger partial charge in [-0.05, 0) is 53.1 Å². The molecule has 0 fully saturated rings. The van der Waals surface area contributed by atoms with Crippen molar-refractivity contribution in [1.82, 2.24) is 4.31 Å². The summed E-state index contributed by atoms with van der Waals surface area (Å²) in [6.45, 7) is 0. The van der Waals surface area contributed by atoms with Gasteiger partial charge in [-0.1, -0.05) is 88.7 Å². The highest BCUT2D eigenvalue weighted by Crippen LogP contribution is 2.40. The third-order valence-corrected chi connectivity index (χ3v) is 8.90. The lowest BCUT2D eigenvalue weighted by Gasteiger charge is -2.28. The molecule has 0 spiro atoms. The van der Waals surface area contributed by atoms with Gasteiger partial charge in [0.05, 0.1) is 16.6 Å². The van der Waals surface area contributed by atoms with Gasteiger partial charge in [0, 0.05) is 29.7 Å². The molecule has 7 heteroatoms. The van der Waals surface area contributed by atoms with Gasteiger partial charge < -0.3 is 4.90 Å². The largest absolute Gasteiger partial charge is 0.311 e. The number of rotatable bonds is 6. The molecule has 0 bridgehead atoms. The number of anilines is 1. The zero-order chi connectivity index (χ0) is 26.2. The van der Waals surface area contributed by atoms with E-state index in [0.717, 1.165) is 21.2 Å². The van der Waals surface area contributed by atoms with Gasteiger partial charge in [0.25, 0.3) is 5.91 Å². The van der Waals surface area contributed by atoms with Crippen LogP contribution in [0, 0.1) is 0 Å². The molecule has 186 valence electrons. The molecule has 0 aromatic heterocycles. The first-order chi connectivity index (χ1) is 17.8. The first-order valence-corrected chi connectivity index (χ1v) is 14.0. The number of carbonyl (C=O) groups excluding carboxylic acids is 1. The monoisotopic (exact) mass is 572 g/mol. The second-order valence-electron chi connectivity index (χ2n) is 8.90. The average molecular weight is 574 g/mol. The summed E-state index contributed by atoms with van der Waals surface area (Å²) in [6.07, 6.45) is 1.80. The lowest BCUT2D eigenvalue weighted by molar-refractivity contribution is -0.112. The molecule has 1 heterocycles. The molecule has 0 N–H and O–H groups in total. The van der Waals surface area contributed by atoms with E-state index in [0.29, 0.717) is 16.8 Å². The highest BCUT2D eigenvalue weighted by molar-refractivity contribution is 9.10. The molecule has 4 aromatic rings. The molecule has 0 unspecified atom stereocenters.